The SMILES string of the molecule is CCC(=O)Nc1cc2c(cc1NC(=O)c1ccccc1)C([O-])=C(N=Nc1c(C(=O)C3CCCC3)ccc3c1C(=O)N(C(CC)CC)C3=O)C2=O. The first-order chi connectivity index (χ1) is 24.1. The molecule has 6 rings (SSSR count). The molecule has 1 aliphatic heterocycles. The lowest BCUT2D eigenvalue weighted by atomic mass is 9.92. The summed E-state index contributed by atoms with van der Waals surface area (Å²) in [5, 5.41) is 27.4. The van der Waals surface area contributed by atoms with Gasteiger partial charge in [0.2, 0.25) is 11.7 Å². The molecule has 12 heteroatoms. The van der Waals surface area contributed by atoms with Crippen LogP contribution in [0.4, 0.5) is 17.1 Å². The Hall–Kier alpha value is -5.78. The molecule has 4 amide bonds. The molecule has 1 fully saturated rings. The fraction of sp³-hybridized carbons (Fsp3) is 0.316. The summed E-state index contributed by atoms with van der Waals surface area (Å²) in [5.41, 5.74) is -0.256. The number of nitrogens with zero attached hydrogens (tertiary/aromatic N) is 3. The van der Waals surface area contributed by atoms with E-state index in [0.29, 0.717) is 31.2 Å². The van der Waals surface area contributed by atoms with Crippen molar-refractivity contribution in [3.8, 4) is 0 Å². The molecule has 12 nitrogen and oxygen atoms in total. The molecule has 2 aliphatic carbocycles. The largest absolute Gasteiger partial charge is 0.870 e. The van der Waals surface area contributed by atoms with E-state index in [1.54, 1.807) is 37.3 Å². The molecule has 0 aromatic heterocycles. The third-order valence-electron chi connectivity index (χ3n) is 9.57. The number of carbonyl (C=O) groups is 6. The van der Waals surface area contributed by atoms with E-state index >= 15 is 0 Å². The van der Waals surface area contributed by atoms with E-state index in [1.165, 1.54) is 29.2 Å². The van der Waals surface area contributed by atoms with Gasteiger partial charge < -0.3 is 15.7 Å². The van der Waals surface area contributed by atoms with Crippen LogP contribution in [0.3, 0.4) is 0 Å². The Labute approximate surface area is 288 Å². The lowest BCUT2D eigenvalue weighted by molar-refractivity contribution is -0.244. The van der Waals surface area contributed by atoms with Gasteiger partial charge in [0.25, 0.3) is 17.7 Å². The van der Waals surface area contributed by atoms with Gasteiger partial charge in [-0.2, -0.15) is 0 Å². The molecule has 2 N–H and O–H groups in total. The Balaban J connectivity index is 1.43. The highest BCUT2D eigenvalue weighted by Gasteiger charge is 2.42. The number of rotatable bonds is 11. The number of hydrogen-bond acceptors (Lipinski definition) is 9. The van der Waals surface area contributed by atoms with Crippen molar-refractivity contribution in [1.29, 1.82) is 0 Å². The van der Waals surface area contributed by atoms with E-state index < -0.39 is 35.0 Å². The zero-order valence-corrected chi connectivity index (χ0v) is 28.0. The quantitative estimate of drug-likeness (QED) is 0.133. The number of ketones is 2. The summed E-state index contributed by atoms with van der Waals surface area (Å²) in [6.45, 7) is 5.38. The number of azo groups is 1. The van der Waals surface area contributed by atoms with Crippen LogP contribution < -0.4 is 15.7 Å². The van der Waals surface area contributed by atoms with E-state index in [4.69, 9.17) is 0 Å². The van der Waals surface area contributed by atoms with Gasteiger partial charge in [-0.15, -0.1) is 10.2 Å². The first kappa shape index (κ1) is 34.1. The number of nitrogens with one attached hydrogen (secondary N) is 2. The molecule has 256 valence electrons. The fourth-order valence-corrected chi connectivity index (χ4v) is 6.78. The molecule has 1 heterocycles. The summed E-state index contributed by atoms with van der Waals surface area (Å²) in [6, 6.07) is 13.5. The van der Waals surface area contributed by atoms with Gasteiger partial charge in [-0.1, -0.05) is 57.6 Å². The van der Waals surface area contributed by atoms with Crippen molar-refractivity contribution in [2.75, 3.05) is 10.6 Å². The zero-order valence-electron chi connectivity index (χ0n) is 28.0. The van der Waals surface area contributed by atoms with Crippen LogP contribution in [0.2, 0.25) is 0 Å². The maximum atomic E-state index is 13.8. The third-order valence-corrected chi connectivity index (χ3v) is 9.57. The predicted molar refractivity (Wildman–Crippen MR) is 183 cm³/mol. The smallest absolute Gasteiger partial charge is 0.264 e. The van der Waals surface area contributed by atoms with E-state index in [-0.39, 0.29) is 75.0 Å². The molecule has 0 saturated heterocycles. The maximum Gasteiger partial charge on any atom is 0.264 e. The van der Waals surface area contributed by atoms with Crippen LogP contribution in [0.15, 0.2) is 70.5 Å². The number of amides is 4. The monoisotopic (exact) mass is 674 g/mol. The van der Waals surface area contributed by atoms with Crippen LogP contribution >= 0.6 is 0 Å². The van der Waals surface area contributed by atoms with E-state index in [1.807, 2.05) is 13.8 Å². The Morgan fingerprint density at radius 1 is 0.840 bits per heavy atom. The lowest BCUT2D eigenvalue weighted by Gasteiger charge is -2.23. The number of allylic oxidation sites excluding steroid dienone is 1. The highest BCUT2D eigenvalue weighted by molar-refractivity contribution is 6.25. The molecule has 0 bridgehead atoms. The van der Waals surface area contributed by atoms with Crippen LogP contribution in [0, 0.1) is 5.92 Å². The normalized spacial score (nSPS) is 15.8. The van der Waals surface area contributed by atoms with Crippen LogP contribution in [0.5, 0.6) is 0 Å². The van der Waals surface area contributed by atoms with Gasteiger partial charge in [0, 0.05) is 35.1 Å². The molecule has 0 spiro atoms. The van der Waals surface area contributed by atoms with E-state index in [0.717, 1.165) is 12.8 Å². The summed E-state index contributed by atoms with van der Waals surface area (Å²) in [5.74, 6) is -4.13. The van der Waals surface area contributed by atoms with Crippen LogP contribution in [-0.2, 0) is 4.79 Å². The van der Waals surface area contributed by atoms with Crippen molar-refractivity contribution < 1.29 is 33.9 Å². The number of Topliss-reactive ketones (excluding diaryl/α,β-unsaturated/α-hetero) is 2. The standard InChI is InChI=1S/C38H37N5O7/c1-4-22(5-2)43-37(49)23-16-17-24(33(45)20-12-10-11-13-20)31(30(23)38(43)50)41-42-32-34(46)25-18-27(39-29(44)6-3)28(19-26(25)35(32)47)40-36(48)21-14-8-7-9-15-21/h7-9,14-20,22,47H,4-6,10-13H2,1-3H3,(H,39,44)(H,40,48)/p-1. The van der Waals surface area contributed by atoms with E-state index in [9.17, 15) is 33.9 Å². The minimum Gasteiger partial charge on any atom is -0.870 e. The van der Waals surface area contributed by atoms with Crippen molar-refractivity contribution in [2.45, 2.75) is 71.8 Å². The minimum absolute atomic E-state index is 0.0697. The van der Waals surface area contributed by atoms with Gasteiger partial charge in [-0.05, 0) is 67.6 Å². The van der Waals surface area contributed by atoms with Crippen LogP contribution in [-0.4, -0.2) is 46.1 Å². The molecule has 0 atom stereocenters. The van der Waals surface area contributed by atoms with Crippen LogP contribution in [0.25, 0.3) is 5.76 Å². The summed E-state index contributed by atoms with van der Waals surface area (Å²) in [6.07, 6.45) is 4.27. The molecule has 0 unspecified atom stereocenters. The predicted octanol–water partition coefficient (Wildman–Crippen LogP) is 6.45. The molecule has 0 radical (unpaired) electrons. The summed E-state index contributed by atoms with van der Waals surface area (Å²) in [4.78, 5) is 81.3. The number of carbonyl (C=O) groups excluding carboxylic acids is 6. The Morgan fingerprint density at radius 3 is 2.16 bits per heavy atom. The fourth-order valence-electron chi connectivity index (χ4n) is 6.78. The van der Waals surface area contributed by atoms with Crippen molar-refractivity contribution >= 4 is 58.0 Å². The highest BCUT2D eigenvalue weighted by atomic mass is 16.3. The van der Waals surface area contributed by atoms with Gasteiger partial charge >= 0.3 is 0 Å². The number of anilines is 2. The minimum atomic E-state index is -0.797. The molecular formula is C38H36N5O7-. The average molecular weight is 675 g/mol. The van der Waals surface area contributed by atoms with Gasteiger partial charge in [0.15, 0.2) is 5.78 Å². The molecule has 50 heavy (non-hydrogen) atoms. The number of fused-ring (bicyclic) bond motifs is 2. The first-order valence-corrected chi connectivity index (χ1v) is 16.9. The van der Waals surface area contributed by atoms with E-state index in [2.05, 4.69) is 20.9 Å². The molecular weight excluding hydrogens is 638 g/mol. The topological polar surface area (TPSA) is 178 Å². The maximum absolute atomic E-state index is 13.8. The van der Waals surface area contributed by atoms with Gasteiger partial charge in [-0.3, -0.25) is 33.7 Å². The van der Waals surface area contributed by atoms with Gasteiger partial charge in [0.05, 0.1) is 22.5 Å². The molecule has 3 aliphatic rings. The number of benzene rings is 3. The summed E-state index contributed by atoms with van der Waals surface area (Å²) >= 11 is 0. The van der Waals surface area contributed by atoms with Crippen molar-refractivity contribution in [2.24, 2.45) is 16.1 Å². The van der Waals surface area contributed by atoms with Gasteiger partial charge in [0.1, 0.15) is 11.4 Å². The van der Waals surface area contributed by atoms with Crippen molar-refractivity contribution in [1.82, 2.24) is 4.90 Å². The third kappa shape index (κ3) is 6.01. The summed E-state index contributed by atoms with van der Waals surface area (Å²) in [7, 11) is 0. The second-order valence-electron chi connectivity index (χ2n) is 12.6. The van der Waals surface area contributed by atoms with Gasteiger partial charge in [-0.25, -0.2) is 0 Å². The Morgan fingerprint density at radius 2 is 1.50 bits per heavy atom. The molecule has 1 saturated carbocycles. The summed E-state index contributed by atoms with van der Waals surface area (Å²) < 4.78 is 0. The average Bonchev–Trinajstić information content (AvgIpc) is 3.81. The zero-order chi connectivity index (χ0) is 35.7. The molecule has 3 aromatic carbocycles. The van der Waals surface area contributed by atoms with Crippen molar-refractivity contribution in [3.63, 3.8) is 0 Å². The lowest BCUT2D eigenvalue weighted by Crippen LogP contribution is -2.39. The second kappa shape index (κ2) is 14.0. The van der Waals surface area contributed by atoms with Crippen molar-refractivity contribution in [3.05, 3.63) is 93.7 Å². The second-order valence-corrected chi connectivity index (χ2v) is 12.6. The highest BCUT2D eigenvalue weighted by Crippen LogP contribution is 2.41. The van der Waals surface area contributed by atoms with Crippen LogP contribution in [0.1, 0.15) is 123 Å². The Bertz CT molecular complexity index is 2010. The number of imide groups is 1. The Kier molecular flexibility index (Phi) is 9.54. The first-order valence-electron chi connectivity index (χ1n) is 16.9. The number of hydrogen-bond donors (Lipinski definition) is 2. The molecule has 3 aromatic rings.